The molecule has 1 aliphatic heterocycles. The minimum Gasteiger partial charge on any atom is -0.492 e. The molecule has 31 heavy (non-hydrogen) atoms. The highest BCUT2D eigenvalue weighted by Crippen LogP contribution is 2.66. The van der Waals surface area contributed by atoms with Gasteiger partial charge in [-0.1, -0.05) is 54.1 Å². The predicted octanol–water partition coefficient (Wildman–Crippen LogP) is 4.98. The molecule has 0 spiro atoms. The fourth-order valence-corrected chi connectivity index (χ4v) is 5.36. The first-order valence-corrected chi connectivity index (χ1v) is 11.2. The summed E-state index contributed by atoms with van der Waals surface area (Å²) < 4.78 is 12.3. The standard InChI is InChI=1S/C25H22Cl2O4/c26-12-13-30-19-10-11-20-22(14-19)31-25(17-6-8-18(27)9-7-17)21(15-23(28)24(20,25)29)16-4-2-1-3-5-16/h1-11,14,21,23,28-29H,12-13,15H2/t21-,23?,24-,25-/m0/s1. The van der Waals surface area contributed by atoms with Crippen LogP contribution in [-0.2, 0) is 11.2 Å². The van der Waals surface area contributed by atoms with E-state index in [4.69, 9.17) is 32.7 Å². The number of rotatable bonds is 5. The van der Waals surface area contributed by atoms with Crippen molar-refractivity contribution >= 4 is 23.2 Å². The minimum atomic E-state index is -1.64. The van der Waals surface area contributed by atoms with Gasteiger partial charge in [0.25, 0.3) is 0 Å². The first-order valence-electron chi connectivity index (χ1n) is 10.2. The molecule has 2 aliphatic rings. The van der Waals surface area contributed by atoms with Crippen LogP contribution >= 0.6 is 23.2 Å². The van der Waals surface area contributed by atoms with Gasteiger partial charge in [-0.2, -0.15) is 0 Å². The van der Waals surface area contributed by atoms with Crippen molar-refractivity contribution in [1.82, 2.24) is 0 Å². The van der Waals surface area contributed by atoms with Gasteiger partial charge in [0.1, 0.15) is 18.1 Å². The molecule has 3 aromatic carbocycles. The van der Waals surface area contributed by atoms with E-state index in [1.807, 2.05) is 42.5 Å². The number of fused-ring (bicyclic) bond motifs is 3. The lowest BCUT2D eigenvalue weighted by atomic mass is 9.71. The van der Waals surface area contributed by atoms with Crippen LogP contribution in [-0.4, -0.2) is 28.8 Å². The lowest BCUT2D eigenvalue weighted by molar-refractivity contribution is -0.149. The van der Waals surface area contributed by atoms with Crippen LogP contribution < -0.4 is 9.47 Å². The molecule has 0 saturated heterocycles. The van der Waals surface area contributed by atoms with Crippen molar-refractivity contribution in [2.75, 3.05) is 12.5 Å². The quantitative estimate of drug-likeness (QED) is 0.531. The van der Waals surface area contributed by atoms with E-state index in [0.717, 1.165) is 11.1 Å². The maximum atomic E-state index is 12.2. The summed E-state index contributed by atoms with van der Waals surface area (Å²) >= 11 is 11.9. The molecule has 160 valence electrons. The van der Waals surface area contributed by atoms with Crippen LogP contribution in [0.15, 0.2) is 72.8 Å². The summed E-state index contributed by atoms with van der Waals surface area (Å²) in [5.74, 6) is 1.17. The van der Waals surface area contributed by atoms with Gasteiger partial charge >= 0.3 is 0 Å². The van der Waals surface area contributed by atoms with Crippen molar-refractivity contribution in [2.45, 2.75) is 29.6 Å². The van der Waals surface area contributed by atoms with Crippen LogP contribution in [0.1, 0.15) is 29.0 Å². The molecule has 6 heteroatoms. The maximum absolute atomic E-state index is 12.2. The topological polar surface area (TPSA) is 58.9 Å². The molecule has 1 fully saturated rings. The molecule has 3 aromatic rings. The monoisotopic (exact) mass is 456 g/mol. The van der Waals surface area contributed by atoms with Crippen molar-refractivity contribution in [3.8, 4) is 11.5 Å². The highest BCUT2D eigenvalue weighted by Gasteiger charge is 2.72. The van der Waals surface area contributed by atoms with E-state index in [0.29, 0.717) is 41.0 Å². The summed E-state index contributed by atoms with van der Waals surface area (Å²) in [6.45, 7) is 0.363. The van der Waals surface area contributed by atoms with Crippen LogP contribution in [0.2, 0.25) is 5.02 Å². The summed E-state index contributed by atoms with van der Waals surface area (Å²) in [6, 6.07) is 22.4. The van der Waals surface area contributed by atoms with Gasteiger partial charge in [0.2, 0.25) is 0 Å². The Bertz CT molecular complexity index is 1090. The Balaban J connectivity index is 1.71. The normalized spacial score (nSPS) is 28.6. The van der Waals surface area contributed by atoms with E-state index in [-0.39, 0.29) is 5.92 Å². The number of hydrogen-bond donors (Lipinski definition) is 2. The Hall–Kier alpha value is -2.24. The van der Waals surface area contributed by atoms with Crippen LogP contribution in [0, 0.1) is 0 Å². The van der Waals surface area contributed by atoms with E-state index in [9.17, 15) is 10.2 Å². The van der Waals surface area contributed by atoms with Crippen molar-refractivity contribution < 1.29 is 19.7 Å². The Morgan fingerprint density at radius 2 is 1.77 bits per heavy atom. The Labute approximate surface area is 191 Å². The molecular formula is C25H22Cl2O4. The molecule has 0 bridgehead atoms. The van der Waals surface area contributed by atoms with Gasteiger partial charge in [-0.25, -0.2) is 0 Å². The van der Waals surface area contributed by atoms with Gasteiger partial charge in [0, 0.05) is 22.6 Å². The third kappa shape index (κ3) is 2.97. The van der Waals surface area contributed by atoms with Gasteiger partial charge in [0.05, 0.1) is 12.0 Å². The molecule has 0 radical (unpaired) electrons. The van der Waals surface area contributed by atoms with Crippen molar-refractivity contribution in [3.05, 3.63) is 94.5 Å². The maximum Gasteiger partial charge on any atom is 0.176 e. The molecule has 2 N–H and O–H groups in total. The van der Waals surface area contributed by atoms with E-state index in [2.05, 4.69) is 0 Å². The molecule has 4 atom stereocenters. The lowest BCUT2D eigenvalue weighted by Crippen LogP contribution is -2.51. The van der Waals surface area contributed by atoms with Crippen LogP contribution in [0.25, 0.3) is 0 Å². The van der Waals surface area contributed by atoms with Crippen molar-refractivity contribution in [3.63, 3.8) is 0 Å². The average molecular weight is 457 g/mol. The number of benzene rings is 3. The third-order valence-electron chi connectivity index (χ3n) is 6.45. The molecule has 1 heterocycles. The number of alkyl halides is 1. The summed E-state index contributed by atoms with van der Waals surface area (Å²) in [6.07, 6.45) is -0.670. The van der Waals surface area contributed by atoms with Gasteiger partial charge in [0.15, 0.2) is 11.2 Å². The molecule has 1 saturated carbocycles. The number of halogens is 2. The molecule has 1 aliphatic carbocycles. The zero-order chi connectivity index (χ0) is 21.6. The van der Waals surface area contributed by atoms with Gasteiger partial charge in [-0.15, -0.1) is 11.6 Å². The second-order valence-electron chi connectivity index (χ2n) is 8.02. The minimum absolute atomic E-state index is 0.283. The van der Waals surface area contributed by atoms with E-state index in [1.165, 1.54) is 0 Å². The van der Waals surface area contributed by atoms with Crippen LogP contribution in [0.3, 0.4) is 0 Å². The van der Waals surface area contributed by atoms with E-state index < -0.39 is 17.3 Å². The van der Waals surface area contributed by atoms with Gasteiger partial charge in [-0.3, -0.25) is 0 Å². The largest absolute Gasteiger partial charge is 0.492 e. The smallest absolute Gasteiger partial charge is 0.176 e. The first-order chi connectivity index (χ1) is 15.0. The second kappa shape index (κ2) is 7.72. The molecule has 0 aromatic heterocycles. The molecule has 5 rings (SSSR count). The fourth-order valence-electron chi connectivity index (χ4n) is 5.16. The third-order valence-corrected chi connectivity index (χ3v) is 6.86. The number of aliphatic hydroxyl groups is 2. The molecular weight excluding hydrogens is 435 g/mol. The van der Waals surface area contributed by atoms with Crippen molar-refractivity contribution in [2.24, 2.45) is 0 Å². The second-order valence-corrected chi connectivity index (χ2v) is 8.84. The van der Waals surface area contributed by atoms with E-state index in [1.54, 1.807) is 30.3 Å². The lowest BCUT2D eigenvalue weighted by Gasteiger charge is -2.40. The number of hydrogen-bond acceptors (Lipinski definition) is 4. The van der Waals surface area contributed by atoms with E-state index >= 15 is 0 Å². The number of ether oxygens (including phenoxy) is 2. The van der Waals surface area contributed by atoms with Crippen LogP contribution in [0.5, 0.6) is 11.5 Å². The summed E-state index contributed by atoms with van der Waals surface area (Å²) in [5, 5.41) is 24.0. The summed E-state index contributed by atoms with van der Waals surface area (Å²) in [4.78, 5) is 0. The Morgan fingerprint density at radius 3 is 2.48 bits per heavy atom. The highest BCUT2D eigenvalue weighted by atomic mass is 35.5. The fraction of sp³-hybridized carbons (Fsp3) is 0.280. The predicted molar refractivity (Wildman–Crippen MR) is 120 cm³/mol. The van der Waals surface area contributed by atoms with Crippen molar-refractivity contribution in [1.29, 1.82) is 0 Å². The summed E-state index contributed by atoms with van der Waals surface area (Å²) in [7, 11) is 0. The number of aliphatic hydroxyl groups excluding tert-OH is 1. The first kappa shape index (κ1) is 20.7. The van der Waals surface area contributed by atoms with Crippen LogP contribution in [0.4, 0.5) is 0 Å². The van der Waals surface area contributed by atoms with Gasteiger partial charge in [-0.05, 0) is 41.8 Å². The highest BCUT2D eigenvalue weighted by molar-refractivity contribution is 6.30. The molecule has 0 amide bonds. The SMILES string of the molecule is OC1C[C@@H](c2ccccc2)[C@]2(c3ccc(Cl)cc3)Oc3cc(OCCCl)ccc3[C@]12O. The van der Waals surface area contributed by atoms with Gasteiger partial charge < -0.3 is 19.7 Å². The Kier molecular flexibility index (Phi) is 5.14. The average Bonchev–Trinajstić information content (AvgIpc) is 3.18. The summed E-state index contributed by atoms with van der Waals surface area (Å²) in [5.41, 5.74) is -0.567. The molecule has 1 unspecified atom stereocenters. The molecule has 4 nitrogen and oxygen atoms in total. The zero-order valence-electron chi connectivity index (χ0n) is 16.7. The zero-order valence-corrected chi connectivity index (χ0v) is 18.2. The Morgan fingerprint density at radius 1 is 1.03 bits per heavy atom.